The molecule has 5 rings (SSSR count). The third-order valence-corrected chi connectivity index (χ3v) is 10.7. The number of aromatic hydroxyl groups is 1. The van der Waals surface area contributed by atoms with Crippen LogP contribution in [0.15, 0.2) is 53.3 Å². The summed E-state index contributed by atoms with van der Waals surface area (Å²) < 4.78 is 0. The minimum Gasteiger partial charge on any atom is -0.508 e. The molecule has 0 saturated heterocycles. The van der Waals surface area contributed by atoms with Crippen molar-refractivity contribution in [3.63, 3.8) is 0 Å². The van der Waals surface area contributed by atoms with Gasteiger partial charge in [-0.25, -0.2) is 0 Å². The van der Waals surface area contributed by atoms with Crippen molar-refractivity contribution in [1.29, 1.82) is 0 Å². The lowest BCUT2D eigenvalue weighted by molar-refractivity contribution is -0.178. The van der Waals surface area contributed by atoms with Crippen molar-refractivity contribution >= 4 is 23.1 Å². The van der Waals surface area contributed by atoms with Crippen molar-refractivity contribution in [3.8, 4) is 5.75 Å². The second-order valence-electron chi connectivity index (χ2n) is 14.6. The SMILES string of the molecule is CC(=O)C1=C(O)[C@]2(O)C(=O)C3=C(O)c4c(O)c(CCCCc5ccccc5)cc(C(C)C)c4C[C@]3(C)C[C@]2(C)C(C(C)C)C1=O. The monoisotopic (exact) mass is 614 g/mol. The average Bonchev–Trinajstić information content (AvgIpc) is 2.94. The van der Waals surface area contributed by atoms with E-state index in [0.29, 0.717) is 12.0 Å². The topological polar surface area (TPSA) is 132 Å². The molecule has 0 aliphatic heterocycles. The van der Waals surface area contributed by atoms with Crippen LogP contribution >= 0.6 is 0 Å². The maximum atomic E-state index is 14.6. The molecule has 3 aliphatic carbocycles. The number of hydrogen-bond acceptors (Lipinski definition) is 7. The molecular formula is C38H46O7. The zero-order valence-electron chi connectivity index (χ0n) is 27.5. The Bertz CT molecular complexity index is 1650. The van der Waals surface area contributed by atoms with Crippen LogP contribution in [0.3, 0.4) is 0 Å². The van der Waals surface area contributed by atoms with Crippen LogP contribution in [0.1, 0.15) is 101 Å². The van der Waals surface area contributed by atoms with E-state index >= 15 is 0 Å². The fraction of sp³-hybridized carbons (Fsp3) is 0.500. The van der Waals surface area contributed by atoms with Gasteiger partial charge in [0, 0.05) is 22.3 Å². The van der Waals surface area contributed by atoms with Gasteiger partial charge in [0.1, 0.15) is 22.8 Å². The van der Waals surface area contributed by atoms with E-state index in [9.17, 15) is 34.8 Å². The van der Waals surface area contributed by atoms with E-state index < -0.39 is 56.8 Å². The number of rotatable bonds is 8. The fourth-order valence-corrected chi connectivity index (χ4v) is 8.87. The number of aliphatic hydroxyl groups excluding tert-OH is 2. The molecule has 0 amide bonds. The van der Waals surface area contributed by atoms with E-state index in [-0.39, 0.29) is 41.6 Å². The molecule has 0 radical (unpaired) electrons. The summed E-state index contributed by atoms with van der Waals surface area (Å²) >= 11 is 0. The first kappa shape index (κ1) is 32.7. The Balaban J connectivity index is 1.65. The molecule has 4 N–H and O–H groups in total. The highest BCUT2D eigenvalue weighted by Gasteiger charge is 2.72. The zero-order valence-corrected chi connectivity index (χ0v) is 27.5. The van der Waals surface area contributed by atoms with Gasteiger partial charge < -0.3 is 20.4 Å². The first-order valence-electron chi connectivity index (χ1n) is 16.1. The maximum absolute atomic E-state index is 14.6. The number of carbonyl (C=O) groups is 3. The highest BCUT2D eigenvalue weighted by molar-refractivity contribution is 6.24. The minimum absolute atomic E-state index is 0.0527. The molecule has 0 spiro atoms. The summed E-state index contributed by atoms with van der Waals surface area (Å²) in [6, 6.07) is 12.2. The maximum Gasteiger partial charge on any atom is 0.203 e. The Morgan fingerprint density at radius 2 is 1.60 bits per heavy atom. The third-order valence-electron chi connectivity index (χ3n) is 10.7. The molecule has 0 heterocycles. The first-order chi connectivity index (χ1) is 21.0. The lowest BCUT2D eigenvalue weighted by atomic mass is 9.43. The molecule has 1 fully saturated rings. The van der Waals surface area contributed by atoms with Crippen molar-refractivity contribution in [2.24, 2.45) is 22.7 Å². The van der Waals surface area contributed by atoms with E-state index in [1.165, 1.54) is 5.56 Å². The Kier molecular flexibility index (Phi) is 8.18. The molecule has 45 heavy (non-hydrogen) atoms. The summed E-state index contributed by atoms with van der Waals surface area (Å²) in [6.45, 7) is 12.3. The van der Waals surface area contributed by atoms with Gasteiger partial charge in [-0.3, -0.25) is 14.4 Å². The van der Waals surface area contributed by atoms with Crippen molar-refractivity contribution < 1.29 is 34.8 Å². The molecule has 7 nitrogen and oxygen atoms in total. The van der Waals surface area contributed by atoms with E-state index in [0.717, 1.165) is 37.3 Å². The lowest BCUT2D eigenvalue weighted by Gasteiger charge is -2.60. The lowest BCUT2D eigenvalue weighted by Crippen LogP contribution is -2.69. The van der Waals surface area contributed by atoms with Crippen molar-refractivity contribution in [1.82, 2.24) is 0 Å². The molecule has 4 atom stereocenters. The van der Waals surface area contributed by atoms with Crippen LogP contribution in [-0.4, -0.2) is 43.4 Å². The Morgan fingerprint density at radius 1 is 0.978 bits per heavy atom. The van der Waals surface area contributed by atoms with Crippen LogP contribution in [0.5, 0.6) is 5.75 Å². The summed E-state index contributed by atoms with van der Waals surface area (Å²) in [7, 11) is 0. The predicted octanol–water partition coefficient (Wildman–Crippen LogP) is 6.88. The van der Waals surface area contributed by atoms with Gasteiger partial charge in [0.25, 0.3) is 0 Å². The second-order valence-corrected chi connectivity index (χ2v) is 14.6. The molecule has 240 valence electrons. The van der Waals surface area contributed by atoms with E-state index in [1.807, 2.05) is 31.2 Å². The van der Waals surface area contributed by atoms with Gasteiger partial charge in [-0.15, -0.1) is 0 Å². The number of phenolic OH excluding ortho intramolecular Hbond substituents is 1. The smallest absolute Gasteiger partial charge is 0.203 e. The van der Waals surface area contributed by atoms with Gasteiger partial charge in [-0.1, -0.05) is 77.9 Å². The van der Waals surface area contributed by atoms with Crippen LogP contribution in [0.25, 0.3) is 5.76 Å². The molecule has 7 heteroatoms. The largest absolute Gasteiger partial charge is 0.508 e. The van der Waals surface area contributed by atoms with Crippen molar-refractivity contribution in [2.75, 3.05) is 0 Å². The molecular weight excluding hydrogens is 568 g/mol. The Labute approximate surface area is 265 Å². The highest BCUT2D eigenvalue weighted by Crippen LogP contribution is 2.65. The van der Waals surface area contributed by atoms with Crippen LogP contribution in [0.2, 0.25) is 0 Å². The summed E-state index contributed by atoms with van der Waals surface area (Å²) in [5.41, 5.74) is -1.93. The molecule has 3 aliphatic rings. The van der Waals surface area contributed by atoms with E-state index in [2.05, 4.69) is 26.0 Å². The van der Waals surface area contributed by atoms with Gasteiger partial charge in [-0.2, -0.15) is 0 Å². The average molecular weight is 615 g/mol. The number of ketones is 3. The first-order valence-corrected chi connectivity index (χ1v) is 16.1. The van der Waals surface area contributed by atoms with Gasteiger partial charge in [0.05, 0.1) is 5.56 Å². The molecule has 0 aromatic heterocycles. The number of carbonyl (C=O) groups excluding carboxylic acids is 3. The van der Waals surface area contributed by atoms with Crippen molar-refractivity contribution in [2.45, 2.75) is 98.5 Å². The van der Waals surface area contributed by atoms with Gasteiger partial charge in [0.2, 0.25) is 5.78 Å². The van der Waals surface area contributed by atoms with Crippen LogP contribution in [-0.2, 0) is 33.6 Å². The number of allylic oxidation sites excluding steroid dienone is 1. The number of benzene rings is 2. The Morgan fingerprint density at radius 3 is 2.18 bits per heavy atom. The van der Waals surface area contributed by atoms with Gasteiger partial charge in [-0.05, 0) is 79.5 Å². The number of unbranched alkanes of at least 4 members (excludes halogenated alkanes) is 1. The Hall–Kier alpha value is -3.71. The number of phenols is 1. The van der Waals surface area contributed by atoms with Gasteiger partial charge in [0.15, 0.2) is 17.2 Å². The summed E-state index contributed by atoms with van der Waals surface area (Å²) in [5.74, 6) is -4.94. The molecule has 1 unspecified atom stereocenters. The third kappa shape index (κ3) is 4.77. The molecule has 1 saturated carbocycles. The van der Waals surface area contributed by atoms with E-state index in [4.69, 9.17) is 0 Å². The van der Waals surface area contributed by atoms with Gasteiger partial charge >= 0.3 is 0 Å². The van der Waals surface area contributed by atoms with Crippen LogP contribution in [0, 0.1) is 22.7 Å². The predicted molar refractivity (Wildman–Crippen MR) is 173 cm³/mol. The minimum atomic E-state index is -2.61. The normalized spacial score (nSPS) is 28.0. The van der Waals surface area contributed by atoms with E-state index in [1.54, 1.807) is 20.8 Å². The quantitative estimate of drug-likeness (QED) is 0.188. The highest BCUT2D eigenvalue weighted by atomic mass is 16.3. The number of fused-ring (bicyclic) bond motifs is 3. The standard InChI is InChI=1S/C38H46O7/c1-20(2)25-17-24(16-12-11-15-23-13-9-8-10-14-23)31(40)28-26(25)18-36(6)19-37(7)29(21(3)4)32(41)27(22(5)39)34(43)38(37,45)35(44)30(36)33(28)42/h8-10,13-14,17,20-21,29,40,42-43,45H,11-12,15-16,18-19H2,1-7H3/t29?,36-,37-,38+/m1/s1. The molecule has 2 aromatic carbocycles. The van der Waals surface area contributed by atoms with Crippen molar-refractivity contribution in [3.05, 3.63) is 81.1 Å². The number of aliphatic hydroxyl groups is 3. The zero-order chi connectivity index (χ0) is 33.2. The summed E-state index contributed by atoms with van der Waals surface area (Å²) in [6.07, 6.45) is 3.57. The number of hydrogen-bond donors (Lipinski definition) is 4. The summed E-state index contributed by atoms with van der Waals surface area (Å²) in [4.78, 5) is 40.9. The van der Waals surface area contributed by atoms with Crippen LogP contribution in [0.4, 0.5) is 0 Å². The second kappa shape index (κ2) is 11.3. The fourth-order valence-electron chi connectivity index (χ4n) is 8.87. The number of Topliss-reactive ketones (excluding diaryl/α,β-unsaturated/α-hetero) is 3. The summed E-state index contributed by atoms with van der Waals surface area (Å²) in [5, 5.41) is 47.3. The molecule has 2 aromatic rings. The van der Waals surface area contributed by atoms with Crippen LogP contribution < -0.4 is 0 Å². The molecule has 0 bridgehead atoms. The number of aryl methyl sites for hydroxylation is 2.